The molecule has 1 saturated heterocycles. The second kappa shape index (κ2) is 6.29. The lowest BCUT2D eigenvalue weighted by Crippen LogP contribution is -2.21. The molecular formula is C16H15ClN4OS. The van der Waals surface area contributed by atoms with E-state index in [4.69, 9.17) is 21.3 Å². The number of nitrogens with zero attached hydrogens (tertiary/aromatic N) is 4. The average molecular weight is 347 g/mol. The van der Waals surface area contributed by atoms with E-state index in [0.29, 0.717) is 23.4 Å². The smallest absolute Gasteiger partial charge is 0.232 e. The number of benzene rings is 1. The van der Waals surface area contributed by atoms with Crippen LogP contribution in [0.25, 0.3) is 10.2 Å². The number of rotatable bonds is 4. The molecule has 0 spiro atoms. The summed E-state index contributed by atoms with van der Waals surface area (Å²) in [7, 11) is 0. The SMILES string of the molecule is Clc1cccc2sc(N3CCC(COc4cnccn4)C3)nc12. The van der Waals surface area contributed by atoms with Crippen molar-refractivity contribution < 1.29 is 4.74 Å². The summed E-state index contributed by atoms with van der Waals surface area (Å²) in [6, 6.07) is 5.91. The van der Waals surface area contributed by atoms with E-state index in [2.05, 4.69) is 20.9 Å². The molecule has 23 heavy (non-hydrogen) atoms. The molecule has 1 aliphatic heterocycles. The van der Waals surface area contributed by atoms with E-state index in [1.807, 2.05) is 12.1 Å². The number of hydrogen-bond donors (Lipinski definition) is 0. The predicted molar refractivity (Wildman–Crippen MR) is 92.5 cm³/mol. The van der Waals surface area contributed by atoms with Crippen LogP contribution in [0.3, 0.4) is 0 Å². The van der Waals surface area contributed by atoms with Crippen LogP contribution in [0.15, 0.2) is 36.8 Å². The predicted octanol–water partition coefficient (Wildman–Crippen LogP) is 3.65. The van der Waals surface area contributed by atoms with Gasteiger partial charge in [0.15, 0.2) is 5.13 Å². The normalized spacial score (nSPS) is 17.8. The molecule has 1 fully saturated rings. The van der Waals surface area contributed by atoms with E-state index in [-0.39, 0.29) is 0 Å². The number of hydrogen-bond acceptors (Lipinski definition) is 6. The minimum absolute atomic E-state index is 0.472. The molecule has 0 N–H and O–H groups in total. The largest absolute Gasteiger partial charge is 0.476 e. The fourth-order valence-corrected chi connectivity index (χ4v) is 4.04. The standard InChI is InChI=1S/C16H15ClN4OS/c17-12-2-1-3-13-15(12)20-16(23-13)21-7-4-11(9-21)10-22-14-8-18-5-6-19-14/h1-3,5-6,8,11H,4,7,9-10H2. The van der Waals surface area contributed by atoms with Gasteiger partial charge in [-0.2, -0.15) is 0 Å². The molecule has 7 heteroatoms. The Labute approximate surface area is 142 Å². The van der Waals surface area contributed by atoms with Gasteiger partial charge >= 0.3 is 0 Å². The van der Waals surface area contributed by atoms with E-state index >= 15 is 0 Å². The van der Waals surface area contributed by atoms with Gasteiger partial charge in [0.25, 0.3) is 0 Å². The highest BCUT2D eigenvalue weighted by Gasteiger charge is 2.25. The fraction of sp³-hybridized carbons (Fsp3) is 0.312. The van der Waals surface area contributed by atoms with Crippen molar-refractivity contribution in [2.24, 2.45) is 5.92 Å². The van der Waals surface area contributed by atoms with Crippen LogP contribution in [0.1, 0.15) is 6.42 Å². The molecule has 5 nitrogen and oxygen atoms in total. The molecule has 0 saturated carbocycles. The highest BCUT2D eigenvalue weighted by molar-refractivity contribution is 7.22. The molecule has 1 unspecified atom stereocenters. The molecule has 2 aromatic heterocycles. The van der Waals surface area contributed by atoms with Crippen LogP contribution in [0.5, 0.6) is 5.88 Å². The van der Waals surface area contributed by atoms with Crippen molar-refractivity contribution in [3.63, 3.8) is 0 Å². The molecule has 1 atom stereocenters. The first-order valence-corrected chi connectivity index (χ1v) is 8.68. The van der Waals surface area contributed by atoms with E-state index in [9.17, 15) is 0 Å². The van der Waals surface area contributed by atoms with Crippen LogP contribution in [-0.2, 0) is 0 Å². The van der Waals surface area contributed by atoms with Gasteiger partial charge in [0, 0.05) is 31.4 Å². The summed E-state index contributed by atoms with van der Waals surface area (Å²) in [4.78, 5) is 15.1. The monoisotopic (exact) mass is 346 g/mol. The third kappa shape index (κ3) is 3.09. The highest BCUT2D eigenvalue weighted by atomic mass is 35.5. The zero-order valence-corrected chi connectivity index (χ0v) is 13.9. The van der Waals surface area contributed by atoms with Gasteiger partial charge in [0.1, 0.15) is 5.52 Å². The molecule has 118 valence electrons. The average Bonchev–Trinajstić information content (AvgIpc) is 3.21. The minimum Gasteiger partial charge on any atom is -0.476 e. The van der Waals surface area contributed by atoms with Crippen LogP contribution in [0, 0.1) is 5.92 Å². The Balaban J connectivity index is 1.42. The maximum absolute atomic E-state index is 6.22. The summed E-state index contributed by atoms with van der Waals surface area (Å²) in [5, 5.41) is 1.75. The summed E-state index contributed by atoms with van der Waals surface area (Å²) in [5.74, 6) is 1.05. The number of anilines is 1. The van der Waals surface area contributed by atoms with Gasteiger partial charge in [-0.25, -0.2) is 9.97 Å². The van der Waals surface area contributed by atoms with Crippen molar-refractivity contribution in [3.05, 3.63) is 41.8 Å². The van der Waals surface area contributed by atoms with Crippen LogP contribution in [0.4, 0.5) is 5.13 Å². The zero-order valence-electron chi connectivity index (χ0n) is 12.4. The summed E-state index contributed by atoms with van der Waals surface area (Å²) in [5.41, 5.74) is 0.897. The first-order valence-electron chi connectivity index (χ1n) is 7.48. The van der Waals surface area contributed by atoms with Crippen molar-refractivity contribution in [2.75, 3.05) is 24.6 Å². The molecule has 0 aliphatic carbocycles. The third-order valence-corrected chi connectivity index (χ3v) is 5.31. The van der Waals surface area contributed by atoms with Gasteiger partial charge in [0.2, 0.25) is 5.88 Å². The number of halogens is 1. The lowest BCUT2D eigenvalue weighted by molar-refractivity contribution is 0.251. The second-order valence-electron chi connectivity index (χ2n) is 5.54. The van der Waals surface area contributed by atoms with E-state index in [1.165, 1.54) is 0 Å². The molecular weight excluding hydrogens is 332 g/mol. The summed E-state index contributed by atoms with van der Waals surface area (Å²) < 4.78 is 6.85. The topological polar surface area (TPSA) is 51.1 Å². The van der Waals surface area contributed by atoms with E-state index < -0.39 is 0 Å². The van der Waals surface area contributed by atoms with E-state index in [0.717, 1.165) is 34.9 Å². The molecule has 4 rings (SSSR count). The third-order valence-electron chi connectivity index (χ3n) is 3.92. The molecule has 1 aliphatic rings. The Bertz CT molecular complexity index is 810. The van der Waals surface area contributed by atoms with Crippen molar-refractivity contribution >= 4 is 38.3 Å². The molecule has 0 bridgehead atoms. The van der Waals surface area contributed by atoms with Crippen molar-refractivity contribution in [2.45, 2.75) is 6.42 Å². The number of fused-ring (bicyclic) bond motifs is 1. The number of thiazole rings is 1. The van der Waals surface area contributed by atoms with Crippen LogP contribution in [0.2, 0.25) is 5.02 Å². The van der Waals surface area contributed by atoms with E-state index in [1.54, 1.807) is 29.9 Å². The van der Waals surface area contributed by atoms with Gasteiger partial charge in [-0.3, -0.25) is 4.98 Å². The van der Waals surface area contributed by atoms with Gasteiger partial charge in [-0.15, -0.1) is 0 Å². The molecule has 3 aromatic rings. The zero-order chi connectivity index (χ0) is 15.6. The summed E-state index contributed by atoms with van der Waals surface area (Å²) in [6.07, 6.45) is 6.01. The van der Waals surface area contributed by atoms with Gasteiger partial charge in [-0.1, -0.05) is 29.0 Å². The highest BCUT2D eigenvalue weighted by Crippen LogP contribution is 2.34. The maximum Gasteiger partial charge on any atom is 0.232 e. The first-order chi connectivity index (χ1) is 11.3. The number of para-hydroxylation sites is 1. The maximum atomic E-state index is 6.22. The van der Waals surface area contributed by atoms with Gasteiger partial charge in [-0.05, 0) is 18.6 Å². The van der Waals surface area contributed by atoms with Crippen LogP contribution in [-0.4, -0.2) is 34.6 Å². The Kier molecular flexibility index (Phi) is 4.01. The number of ether oxygens (including phenoxy) is 1. The Morgan fingerprint density at radius 3 is 3.13 bits per heavy atom. The lowest BCUT2D eigenvalue weighted by Gasteiger charge is -2.15. The lowest BCUT2D eigenvalue weighted by atomic mass is 10.1. The molecule has 0 radical (unpaired) electrons. The fourth-order valence-electron chi connectivity index (χ4n) is 2.74. The van der Waals surface area contributed by atoms with Crippen molar-refractivity contribution in [1.82, 2.24) is 15.0 Å². The van der Waals surface area contributed by atoms with Crippen molar-refractivity contribution in [1.29, 1.82) is 0 Å². The second-order valence-corrected chi connectivity index (χ2v) is 6.95. The molecule has 3 heterocycles. The van der Waals surface area contributed by atoms with Crippen LogP contribution < -0.4 is 9.64 Å². The molecule has 1 aromatic carbocycles. The Hall–Kier alpha value is -1.92. The number of aromatic nitrogens is 3. The Morgan fingerprint density at radius 2 is 2.30 bits per heavy atom. The minimum atomic E-state index is 0.472. The summed E-state index contributed by atoms with van der Waals surface area (Å²) in [6.45, 7) is 2.59. The molecule has 0 amide bonds. The first kappa shape index (κ1) is 14.7. The summed E-state index contributed by atoms with van der Waals surface area (Å²) >= 11 is 7.91. The van der Waals surface area contributed by atoms with Gasteiger partial charge in [0.05, 0.1) is 22.5 Å². The quantitative estimate of drug-likeness (QED) is 0.721. The van der Waals surface area contributed by atoms with Crippen LogP contribution >= 0.6 is 22.9 Å². The van der Waals surface area contributed by atoms with Crippen molar-refractivity contribution in [3.8, 4) is 5.88 Å². The Morgan fingerprint density at radius 1 is 1.35 bits per heavy atom. The van der Waals surface area contributed by atoms with Gasteiger partial charge < -0.3 is 9.64 Å².